The molecule has 10 nitrogen and oxygen atoms in total. The number of ether oxygens (including phenoxy) is 1. The number of nitrogens with zero attached hydrogens (tertiary/aromatic N) is 4. The van der Waals surface area contributed by atoms with E-state index in [2.05, 4.69) is 9.97 Å². The molecule has 1 saturated heterocycles. The lowest BCUT2D eigenvalue weighted by Gasteiger charge is -2.27. The van der Waals surface area contributed by atoms with Crippen molar-refractivity contribution >= 4 is 17.3 Å². The quantitative estimate of drug-likeness (QED) is 0.391. The molecule has 6 N–H and O–H groups in total. The maximum absolute atomic E-state index is 10.1. The Morgan fingerprint density at radius 2 is 2.05 bits per heavy atom. The van der Waals surface area contributed by atoms with Crippen LogP contribution in [-0.4, -0.2) is 74.9 Å². The van der Waals surface area contributed by atoms with Gasteiger partial charge in [-0.1, -0.05) is 0 Å². The molecule has 21 heavy (non-hydrogen) atoms. The van der Waals surface area contributed by atoms with Crippen LogP contribution in [0.25, 0.3) is 0 Å². The lowest BCUT2D eigenvalue weighted by atomic mass is 10.1. The van der Waals surface area contributed by atoms with Crippen LogP contribution in [0.4, 0.5) is 17.3 Å². The van der Waals surface area contributed by atoms with E-state index in [1.54, 1.807) is 4.90 Å². The third kappa shape index (κ3) is 2.08. The number of aliphatic hydroxyl groups excluding tert-OH is 4. The molecule has 2 aliphatic rings. The zero-order chi connectivity index (χ0) is 15.1. The van der Waals surface area contributed by atoms with E-state index in [4.69, 9.17) is 15.6 Å². The van der Waals surface area contributed by atoms with Crippen molar-refractivity contribution in [2.75, 3.05) is 35.5 Å². The van der Waals surface area contributed by atoms with Gasteiger partial charge >= 0.3 is 0 Å². The fourth-order valence-corrected chi connectivity index (χ4v) is 2.67. The molecule has 1 aromatic rings. The molecule has 3 heterocycles. The number of rotatable bonds is 3. The van der Waals surface area contributed by atoms with Gasteiger partial charge in [0.1, 0.15) is 37.1 Å². The second kappa shape index (κ2) is 5.24. The Kier molecular flexibility index (Phi) is 3.55. The highest BCUT2D eigenvalue weighted by molar-refractivity contribution is 5.81. The molecule has 4 atom stereocenters. The molecule has 1 aromatic heterocycles. The number of anilines is 3. The predicted octanol–water partition coefficient (Wildman–Crippen LogP) is -2.97. The average molecular weight is 299 g/mol. The normalized spacial score (nSPS) is 31.8. The summed E-state index contributed by atoms with van der Waals surface area (Å²) in [5.41, 5.74) is 6.23. The average Bonchev–Trinajstić information content (AvgIpc) is 2.99. The van der Waals surface area contributed by atoms with Gasteiger partial charge in [0.05, 0.1) is 13.3 Å². The molecule has 0 spiro atoms. The van der Waals surface area contributed by atoms with E-state index >= 15 is 0 Å². The van der Waals surface area contributed by atoms with Gasteiger partial charge in [0.25, 0.3) is 0 Å². The number of fused-ring (bicyclic) bond motifs is 1. The van der Waals surface area contributed by atoms with E-state index in [0.29, 0.717) is 11.5 Å². The minimum Gasteiger partial charge on any atom is -0.394 e. The van der Waals surface area contributed by atoms with Crippen LogP contribution in [0.15, 0.2) is 6.33 Å². The first-order valence-corrected chi connectivity index (χ1v) is 6.43. The first-order chi connectivity index (χ1) is 10.1. The van der Waals surface area contributed by atoms with Gasteiger partial charge < -0.3 is 40.7 Å². The van der Waals surface area contributed by atoms with Crippen LogP contribution in [0, 0.1) is 0 Å². The molecule has 0 saturated carbocycles. The van der Waals surface area contributed by atoms with Crippen LogP contribution in [0.3, 0.4) is 0 Å². The van der Waals surface area contributed by atoms with Gasteiger partial charge in [0.15, 0.2) is 17.9 Å². The van der Waals surface area contributed by atoms with Crippen LogP contribution < -0.4 is 15.5 Å². The van der Waals surface area contributed by atoms with Gasteiger partial charge in [0, 0.05) is 0 Å². The number of nitrogen functional groups attached to an aromatic ring is 1. The summed E-state index contributed by atoms with van der Waals surface area (Å²) in [7, 11) is 0. The van der Waals surface area contributed by atoms with Crippen molar-refractivity contribution in [1.82, 2.24) is 9.97 Å². The van der Waals surface area contributed by atoms with Gasteiger partial charge in [0.2, 0.25) is 0 Å². The third-order valence-electron chi connectivity index (χ3n) is 3.74. The Labute approximate surface area is 120 Å². The summed E-state index contributed by atoms with van der Waals surface area (Å²) in [5, 5.41) is 38.5. The minimum absolute atomic E-state index is 0.168. The summed E-state index contributed by atoms with van der Waals surface area (Å²) < 4.78 is 5.47. The molecule has 10 heteroatoms. The SMILES string of the molecule is Nc1ncnc2c1N(CO)CN2[C@@H]1O[C@H](CO)[C@@H](O)[C@H]1O. The van der Waals surface area contributed by atoms with Crippen molar-refractivity contribution < 1.29 is 25.2 Å². The third-order valence-corrected chi connectivity index (χ3v) is 3.74. The van der Waals surface area contributed by atoms with E-state index in [-0.39, 0.29) is 19.2 Å². The fraction of sp³-hybridized carbons (Fsp3) is 0.636. The molecule has 0 unspecified atom stereocenters. The van der Waals surface area contributed by atoms with Gasteiger partial charge in [-0.15, -0.1) is 0 Å². The van der Waals surface area contributed by atoms with Crippen molar-refractivity contribution in [3.63, 3.8) is 0 Å². The van der Waals surface area contributed by atoms with Crippen LogP contribution >= 0.6 is 0 Å². The number of aliphatic hydroxyl groups is 4. The first kappa shape index (κ1) is 14.2. The van der Waals surface area contributed by atoms with E-state index < -0.39 is 31.1 Å². The van der Waals surface area contributed by atoms with E-state index in [1.165, 1.54) is 11.2 Å². The zero-order valence-electron chi connectivity index (χ0n) is 11.1. The highest BCUT2D eigenvalue weighted by Gasteiger charge is 2.48. The summed E-state index contributed by atoms with van der Waals surface area (Å²) in [4.78, 5) is 11.0. The topological polar surface area (TPSA) is 148 Å². The Hall–Kier alpha value is -1.72. The maximum atomic E-state index is 10.1. The first-order valence-electron chi connectivity index (χ1n) is 6.43. The largest absolute Gasteiger partial charge is 0.394 e. The fourth-order valence-electron chi connectivity index (χ4n) is 2.67. The highest BCUT2D eigenvalue weighted by Crippen LogP contribution is 2.40. The minimum atomic E-state index is -1.22. The Morgan fingerprint density at radius 1 is 1.29 bits per heavy atom. The van der Waals surface area contributed by atoms with Crippen molar-refractivity contribution in [2.45, 2.75) is 24.5 Å². The zero-order valence-corrected chi connectivity index (χ0v) is 11.1. The van der Waals surface area contributed by atoms with Crippen LogP contribution in [0.1, 0.15) is 0 Å². The van der Waals surface area contributed by atoms with Crippen molar-refractivity contribution in [3.8, 4) is 0 Å². The monoisotopic (exact) mass is 299 g/mol. The van der Waals surface area contributed by atoms with Gasteiger partial charge in [-0.2, -0.15) is 0 Å². The molecule has 116 valence electrons. The van der Waals surface area contributed by atoms with Gasteiger partial charge in [-0.05, 0) is 0 Å². The van der Waals surface area contributed by atoms with Crippen molar-refractivity contribution in [2.24, 2.45) is 0 Å². The molecular weight excluding hydrogens is 282 g/mol. The molecule has 0 bridgehead atoms. The molecule has 0 amide bonds. The standard InChI is InChI=1S/C11H17N5O5/c12-9-6-10(14-2-13-9)16(3-15(6)4-18)11-8(20)7(19)5(1-17)21-11/h2,5,7-8,11,17-20H,1,3-4H2,(H2,12,13,14)/t5-,7-,8-,11-/m1/s1. The van der Waals surface area contributed by atoms with Crippen LogP contribution in [-0.2, 0) is 4.74 Å². The molecule has 2 aliphatic heterocycles. The highest BCUT2D eigenvalue weighted by atomic mass is 16.6. The lowest BCUT2D eigenvalue weighted by molar-refractivity contribution is -0.0223. The lowest BCUT2D eigenvalue weighted by Crippen LogP contribution is -2.46. The number of aromatic nitrogens is 2. The number of hydrogen-bond donors (Lipinski definition) is 5. The Bertz CT molecular complexity index is 532. The van der Waals surface area contributed by atoms with Crippen LogP contribution in [0.5, 0.6) is 0 Å². The number of nitrogens with two attached hydrogens (primary N) is 1. The summed E-state index contributed by atoms with van der Waals surface area (Å²) >= 11 is 0. The van der Waals surface area contributed by atoms with Gasteiger partial charge in [-0.25, -0.2) is 9.97 Å². The molecule has 0 aliphatic carbocycles. The second-order valence-electron chi connectivity index (χ2n) is 4.95. The summed E-state index contributed by atoms with van der Waals surface area (Å²) in [5.74, 6) is 0.592. The van der Waals surface area contributed by atoms with Crippen molar-refractivity contribution in [1.29, 1.82) is 0 Å². The summed E-state index contributed by atoms with van der Waals surface area (Å²) in [6.07, 6.45) is -2.93. The van der Waals surface area contributed by atoms with E-state index in [0.717, 1.165) is 0 Å². The Morgan fingerprint density at radius 3 is 2.67 bits per heavy atom. The van der Waals surface area contributed by atoms with E-state index in [9.17, 15) is 15.3 Å². The summed E-state index contributed by atoms with van der Waals surface area (Å²) in [6, 6.07) is 0. The predicted molar refractivity (Wildman–Crippen MR) is 71.1 cm³/mol. The molecule has 0 aromatic carbocycles. The summed E-state index contributed by atoms with van der Waals surface area (Å²) in [6.45, 7) is -0.553. The molecular formula is C11H17N5O5. The maximum Gasteiger partial charge on any atom is 0.162 e. The molecule has 0 radical (unpaired) electrons. The second-order valence-corrected chi connectivity index (χ2v) is 4.95. The molecule has 3 rings (SSSR count). The smallest absolute Gasteiger partial charge is 0.162 e. The molecule has 1 fully saturated rings. The number of hydrogen-bond acceptors (Lipinski definition) is 10. The Balaban J connectivity index is 1.94. The van der Waals surface area contributed by atoms with Crippen LogP contribution in [0.2, 0.25) is 0 Å². The van der Waals surface area contributed by atoms with E-state index in [1.807, 2.05) is 0 Å². The van der Waals surface area contributed by atoms with Gasteiger partial charge in [-0.3, -0.25) is 0 Å². The van der Waals surface area contributed by atoms with Crippen molar-refractivity contribution in [3.05, 3.63) is 6.33 Å².